The molecule has 0 atom stereocenters. The first-order valence-electron chi connectivity index (χ1n) is 7.66. The van der Waals surface area contributed by atoms with Crippen LogP contribution in [0.4, 0.5) is 0 Å². The molecule has 2 heterocycles. The van der Waals surface area contributed by atoms with E-state index in [0.29, 0.717) is 26.3 Å². The van der Waals surface area contributed by atoms with Gasteiger partial charge in [-0.1, -0.05) is 6.07 Å². The molecule has 2 saturated heterocycles. The van der Waals surface area contributed by atoms with Crippen molar-refractivity contribution in [3.05, 3.63) is 34.4 Å². The number of carbonyl (C=O) groups excluding carboxylic acids is 1. The Morgan fingerprint density at radius 3 is 2.19 bits per heavy atom. The highest BCUT2D eigenvalue weighted by molar-refractivity contribution is 5.96. The van der Waals surface area contributed by atoms with Crippen molar-refractivity contribution in [2.75, 3.05) is 26.3 Å². The third kappa shape index (κ3) is 2.70. The summed E-state index contributed by atoms with van der Waals surface area (Å²) in [5.41, 5.74) is 4.27. The highest BCUT2D eigenvalue weighted by Crippen LogP contribution is 2.32. The Bertz CT molecular complexity index is 551. The molecule has 0 aliphatic carbocycles. The minimum Gasteiger partial charge on any atom is -0.347 e. The van der Waals surface area contributed by atoms with E-state index in [9.17, 15) is 4.79 Å². The van der Waals surface area contributed by atoms with Crippen LogP contribution < -0.4 is 0 Å². The molecule has 0 unspecified atom stereocenters. The van der Waals surface area contributed by atoms with Crippen LogP contribution in [0.1, 0.15) is 39.9 Å². The molecule has 2 aliphatic rings. The number of likely N-dealkylation sites (tertiary alicyclic amines) is 1. The molecule has 0 bridgehead atoms. The Kier molecular flexibility index (Phi) is 3.76. The van der Waals surface area contributed by atoms with Crippen molar-refractivity contribution in [3.63, 3.8) is 0 Å². The monoisotopic (exact) mass is 289 g/mol. The number of piperidine rings is 1. The van der Waals surface area contributed by atoms with E-state index in [4.69, 9.17) is 9.47 Å². The van der Waals surface area contributed by atoms with Gasteiger partial charge in [-0.15, -0.1) is 0 Å². The molecule has 0 saturated carbocycles. The zero-order valence-electron chi connectivity index (χ0n) is 13.1. The van der Waals surface area contributed by atoms with E-state index in [1.54, 1.807) is 0 Å². The second kappa shape index (κ2) is 5.43. The highest BCUT2D eigenvalue weighted by Gasteiger charge is 2.40. The Morgan fingerprint density at radius 2 is 1.57 bits per heavy atom. The summed E-state index contributed by atoms with van der Waals surface area (Å²) in [6, 6.07) is 4.11. The molecule has 3 rings (SSSR count). The minimum atomic E-state index is -0.422. The fourth-order valence-corrected chi connectivity index (χ4v) is 3.20. The first-order chi connectivity index (χ1) is 10.0. The number of amides is 1. The summed E-state index contributed by atoms with van der Waals surface area (Å²) < 4.78 is 11.4. The van der Waals surface area contributed by atoms with Gasteiger partial charge >= 0.3 is 0 Å². The van der Waals surface area contributed by atoms with Gasteiger partial charge in [-0.2, -0.15) is 0 Å². The lowest BCUT2D eigenvalue weighted by Gasteiger charge is -2.37. The molecule has 21 heavy (non-hydrogen) atoms. The molecule has 1 aromatic carbocycles. The maximum atomic E-state index is 12.7. The molecule has 0 aromatic heterocycles. The number of hydrogen-bond acceptors (Lipinski definition) is 3. The van der Waals surface area contributed by atoms with Crippen molar-refractivity contribution in [2.45, 2.75) is 39.4 Å². The molecule has 0 radical (unpaired) electrons. The SMILES string of the molecule is Cc1cc(C)c(C(=O)N2CCC3(CC2)OCCO3)cc1C. The molecule has 1 amide bonds. The van der Waals surface area contributed by atoms with Crippen molar-refractivity contribution in [1.82, 2.24) is 4.90 Å². The van der Waals surface area contributed by atoms with Gasteiger partial charge in [-0.25, -0.2) is 0 Å². The lowest BCUT2D eigenvalue weighted by molar-refractivity contribution is -0.181. The van der Waals surface area contributed by atoms with Gasteiger partial charge < -0.3 is 14.4 Å². The summed E-state index contributed by atoms with van der Waals surface area (Å²) in [7, 11) is 0. The van der Waals surface area contributed by atoms with E-state index < -0.39 is 5.79 Å². The topological polar surface area (TPSA) is 38.8 Å². The zero-order valence-corrected chi connectivity index (χ0v) is 13.1. The van der Waals surface area contributed by atoms with E-state index in [0.717, 1.165) is 24.0 Å². The van der Waals surface area contributed by atoms with Crippen LogP contribution in [-0.4, -0.2) is 42.9 Å². The van der Waals surface area contributed by atoms with E-state index in [-0.39, 0.29) is 5.91 Å². The summed E-state index contributed by atoms with van der Waals surface area (Å²) in [6.45, 7) is 8.88. The molecule has 0 N–H and O–H groups in total. The number of aryl methyl sites for hydroxylation is 3. The lowest BCUT2D eigenvalue weighted by atomic mass is 9.98. The first-order valence-corrected chi connectivity index (χ1v) is 7.66. The summed E-state index contributed by atoms with van der Waals surface area (Å²) in [4.78, 5) is 14.7. The van der Waals surface area contributed by atoms with Gasteiger partial charge in [0.25, 0.3) is 5.91 Å². The molecule has 2 fully saturated rings. The van der Waals surface area contributed by atoms with Gasteiger partial charge in [0.2, 0.25) is 0 Å². The molecular weight excluding hydrogens is 266 g/mol. The molecule has 4 nitrogen and oxygen atoms in total. The van der Waals surface area contributed by atoms with Crippen molar-refractivity contribution >= 4 is 5.91 Å². The van der Waals surface area contributed by atoms with Crippen LogP contribution in [-0.2, 0) is 9.47 Å². The molecule has 114 valence electrons. The summed E-state index contributed by atoms with van der Waals surface area (Å²) in [5, 5.41) is 0. The molecular formula is C17H23NO3. The van der Waals surface area contributed by atoms with Crippen LogP contribution in [0.2, 0.25) is 0 Å². The fraction of sp³-hybridized carbons (Fsp3) is 0.588. The van der Waals surface area contributed by atoms with Gasteiger partial charge in [0.15, 0.2) is 5.79 Å². The van der Waals surface area contributed by atoms with E-state index in [1.807, 2.05) is 17.9 Å². The molecule has 4 heteroatoms. The maximum Gasteiger partial charge on any atom is 0.254 e. The van der Waals surface area contributed by atoms with Crippen LogP contribution in [0.25, 0.3) is 0 Å². The Hall–Kier alpha value is -1.39. The number of benzene rings is 1. The predicted molar refractivity (Wildman–Crippen MR) is 80.4 cm³/mol. The average Bonchev–Trinajstić information content (AvgIpc) is 2.91. The van der Waals surface area contributed by atoms with Crippen LogP contribution in [0, 0.1) is 20.8 Å². The van der Waals surface area contributed by atoms with Gasteiger partial charge in [0.05, 0.1) is 13.2 Å². The standard InChI is InChI=1S/C17H23NO3/c1-12-10-14(3)15(11-13(12)2)16(19)18-6-4-17(5-7-18)20-8-9-21-17/h10-11H,4-9H2,1-3H3. The normalized spacial score (nSPS) is 21.0. The van der Waals surface area contributed by atoms with E-state index in [2.05, 4.69) is 19.9 Å². The minimum absolute atomic E-state index is 0.128. The summed E-state index contributed by atoms with van der Waals surface area (Å²) >= 11 is 0. The van der Waals surface area contributed by atoms with E-state index >= 15 is 0 Å². The second-order valence-electron chi connectivity index (χ2n) is 6.15. The largest absolute Gasteiger partial charge is 0.347 e. The number of nitrogens with zero attached hydrogens (tertiary/aromatic N) is 1. The second-order valence-corrected chi connectivity index (χ2v) is 6.15. The zero-order chi connectivity index (χ0) is 15.0. The van der Waals surface area contributed by atoms with Crippen molar-refractivity contribution < 1.29 is 14.3 Å². The van der Waals surface area contributed by atoms with Gasteiger partial charge in [0, 0.05) is 31.5 Å². The molecule has 1 aromatic rings. The smallest absolute Gasteiger partial charge is 0.254 e. The third-order valence-electron chi connectivity index (χ3n) is 4.70. The lowest BCUT2D eigenvalue weighted by Crippen LogP contribution is -2.47. The number of rotatable bonds is 1. The van der Waals surface area contributed by atoms with Crippen LogP contribution in [0.3, 0.4) is 0 Å². The molecule has 2 aliphatic heterocycles. The van der Waals surface area contributed by atoms with Gasteiger partial charge in [-0.05, 0) is 43.5 Å². The highest BCUT2D eigenvalue weighted by atomic mass is 16.7. The maximum absolute atomic E-state index is 12.7. The van der Waals surface area contributed by atoms with E-state index in [1.165, 1.54) is 11.1 Å². The fourth-order valence-electron chi connectivity index (χ4n) is 3.20. The number of carbonyl (C=O) groups is 1. The van der Waals surface area contributed by atoms with Crippen LogP contribution >= 0.6 is 0 Å². The van der Waals surface area contributed by atoms with Crippen molar-refractivity contribution in [2.24, 2.45) is 0 Å². The van der Waals surface area contributed by atoms with Gasteiger partial charge in [0.1, 0.15) is 0 Å². The summed E-state index contributed by atoms with van der Waals surface area (Å²) in [6.07, 6.45) is 1.53. The van der Waals surface area contributed by atoms with Crippen molar-refractivity contribution in [1.29, 1.82) is 0 Å². The molecule has 1 spiro atoms. The summed E-state index contributed by atoms with van der Waals surface area (Å²) in [5.74, 6) is -0.293. The Labute approximate surface area is 126 Å². The number of hydrogen-bond donors (Lipinski definition) is 0. The van der Waals surface area contributed by atoms with Crippen LogP contribution in [0.15, 0.2) is 12.1 Å². The number of ether oxygens (including phenoxy) is 2. The Balaban J connectivity index is 1.73. The quantitative estimate of drug-likeness (QED) is 0.797. The Morgan fingerprint density at radius 1 is 1.00 bits per heavy atom. The first kappa shape index (κ1) is 14.5. The van der Waals surface area contributed by atoms with Gasteiger partial charge in [-0.3, -0.25) is 4.79 Å². The predicted octanol–water partition coefficient (Wildman–Crippen LogP) is 2.59. The van der Waals surface area contributed by atoms with Crippen molar-refractivity contribution in [3.8, 4) is 0 Å². The average molecular weight is 289 g/mol. The van der Waals surface area contributed by atoms with Crippen LogP contribution in [0.5, 0.6) is 0 Å². The third-order valence-corrected chi connectivity index (χ3v) is 4.70.